The van der Waals surface area contributed by atoms with Gasteiger partial charge in [-0.25, -0.2) is 0 Å². The van der Waals surface area contributed by atoms with Crippen LogP contribution in [0.1, 0.15) is 39.5 Å². The van der Waals surface area contributed by atoms with Crippen LogP contribution in [0.15, 0.2) is 12.2 Å². The number of carbonyl (C=O) groups excluding carboxylic acids is 1. The minimum Gasteiger partial charge on any atom is -0.390 e. The molecule has 0 aromatic rings. The zero-order valence-electron chi connectivity index (χ0n) is 8.92. The van der Waals surface area contributed by atoms with Crippen LogP contribution in [0.5, 0.6) is 0 Å². The maximum Gasteiger partial charge on any atom is 0.155 e. The highest BCUT2D eigenvalue weighted by Crippen LogP contribution is 2.50. The second-order valence-corrected chi connectivity index (χ2v) is 5.27. The number of fused-ring (bicyclic) bond motifs is 1. The van der Waals surface area contributed by atoms with Crippen molar-refractivity contribution in [3.63, 3.8) is 0 Å². The van der Waals surface area contributed by atoms with Crippen molar-refractivity contribution >= 4 is 5.78 Å². The molecule has 0 aromatic carbocycles. The van der Waals surface area contributed by atoms with Crippen LogP contribution in [0.4, 0.5) is 0 Å². The monoisotopic (exact) mass is 194 g/mol. The second-order valence-electron chi connectivity index (χ2n) is 5.27. The van der Waals surface area contributed by atoms with E-state index in [1.54, 1.807) is 6.08 Å². The first-order valence-electron chi connectivity index (χ1n) is 5.38. The van der Waals surface area contributed by atoms with E-state index >= 15 is 0 Å². The van der Waals surface area contributed by atoms with Gasteiger partial charge in [0.2, 0.25) is 0 Å². The molecule has 0 aliphatic heterocycles. The predicted molar refractivity (Wildman–Crippen MR) is 54.8 cm³/mol. The Labute approximate surface area is 85.0 Å². The summed E-state index contributed by atoms with van der Waals surface area (Å²) in [6.45, 7) is 4.04. The van der Waals surface area contributed by atoms with Gasteiger partial charge in [0.05, 0.1) is 5.60 Å². The maximum absolute atomic E-state index is 11.4. The van der Waals surface area contributed by atoms with Crippen molar-refractivity contribution in [2.45, 2.75) is 45.1 Å². The summed E-state index contributed by atoms with van der Waals surface area (Å²) in [4.78, 5) is 11.4. The first kappa shape index (κ1) is 9.91. The van der Waals surface area contributed by atoms with Crippen LogP contribution in [0, 0.1) is 11.3 Å². The number of allylic oxidation sites excluding steroid dienone is 2. The zero-order valence-corrected chi connectivity index (χ0v) is 8.92. The lowest BCUT2D eigenvalue weighted by atomic mass is 9.57. The Morgan fingerprint density at radius 3 is 2.86 bits per heavy atom. The number of aliphatic hydroxyl groups is 1. The summed E-state index contributed by atoms with van der Waals surface area (Å²) in [5.74, 6) is 0.274. The van der Waals surface area contributed by atoms with Crippen molar-refractivity contribution in [2.24, 2.45) is 11.3 Å². The van der Waals surface area contributed by atoms with Crippen LogP contribution < -0.4 is 0 Å². The second kappa shape index (κ2) is 2.93. The van der Waals surface area contributed by atoms with Crippen LogP contribution in [0.25, 0.3) is 0 Å². The summed E-state index contributed by atoms with van der Waals surface area (Å²) >= 11 is 0. The summed E-state index contributed by atoms with van der Waals surface area (Å²) in [6.07, 6.45) is 7.19. The minimum absolute atomic E-state index is 0.0374. The van der Waals surface area contributed by atoms with Crippen molar-refractivity contribution in [3.8, 4) is 0 Å². The molecule has 0 spiro atoms. The van der Waals surface area contributed by atoms with Crippen molar-refractivity contribution in [3.05, 3.63) is 12.2 Å². The fourth-order valence-electron chi connectivity index (χ4n) is 3.09. The van der Waals surface area contributed by atoms with Gasteiger partial charge in [-0.15, -0.1) is 0 Å². The Bertz CT molecular complexity index is 291. The van der Waals surface area contributed by atoms with Crippen molar-refractivity contribution in [1.29, 1.82) is 0 Å². The summed E-state index contributed by atoms with van der Waals surface area (Å²) < 4.78 is 0. The SMILES string of the molecule is CC1(O)CCCC2(C)C=CC(=O)CC12. The van der Waals surface area contributed by atoms with Gasteiger partial charge in [-0.05, 0) is 37.7 Å². The number of rotatable bonds is 0. The fraction of sp³-hybridized carbons (Fsp3) is 0.750. The van der Waals surface area contributed by atoms with Gasteiger partial charge < -0.3 is 5.11 Å². The van der Waals surface area contributed by atoms with E-state index in [2.05, 4.69) is 6.92 Å². The molecule has 0 aromatic heterocycles. The molecule has 78 valence electrons. The smallest absolute Gasteiger partial charge is 0.155 e. The lowest BCUT2D eigenvalue weighted by molar-refractivity contribution is -0.127. The molecule has 0 radical (unpaired) electrons. The third-order valence-electron chi connectivity index (χ3n) is 4.00. The van der Waals surface area contributed by atoms with E-state index in [0.29, 0.717) is 6.42 Å². The summed E-state index contributed by atoms with van der Waals surface area (Å²) in [6, 6.07) is 0. The Morgan fingerprint density at radius 2 is 2.14 bits per heavy atom. The van der Waals surface area contributed by atoms with Gasteiger partial charge in [-0.2, -0.15) is 0 Å². The third kappa shape index (κ3) is 1.42. The van der Waals surface area contributed by atoms with Gasteiger partial charge in [0.1, 0.15) is 0 Å². The minimum atomic E-state index is -0.659. The standard InChI is InChI=1S/C12H18O2/c1-11-5-3-6-12(2,14)10(11)8-9(13)4-7-11/h4,7,10,14H,3,5-6,8H2,1-2H3. The van der Waals surface area contributed by atoms with Crippen molar-refractivity contribution in [2.75, 3.05) is 0 Å². The van der Waals surface area contributed by atoms with Crippen molar-refractivity contribution < 1.29 is 9.90 Å². The molecule has 1 fully saturated rings. The highest BCUT2D eigenvalue weighted by molar-refractivity contribution is 5.91. The number of ketones is 1. The quantitative estimate of drug-likeness (QED) is 0.641. The first-order valence-corrected chi connectivity index (χ1v) is 5.38. The molecule has 3 atom stereocenters. The molecule has 1 saturated carbocycles. The Balaban J connectivity index is 2.36. The van der Waals surface area contributed by atoms with E-state index in [0.717, 1.165) is 19.3 Å². The van der Waals surface area contributed by atoms with Crippen LogP contribution in [0.2, 0.25) is 0 Å². The molecular weight excluding hydrogens is 176 g/mol. The van der Waals surface area contributed by atoms with Gasteiger partial charge in [-0.3, -0.25) is 4.79 Å². The zero-order chi connectivity index (χ0) is 10.4. The van der Waals surface area contributed by atoms with E-state index < -0.39 is 5.60 Å². The number of hydrogen-bond donors (Lipinski definition) is 1. The molecule has 0 saturated heterocycles. The Kier molecular flexibility index (Phi) is 2.07. The lowest BCUT2D eigenvalue weighted by Crippen LogP contribution is -2.49. The predicted octanol–water partition coefficient (Wildman–Crippen LogP) is 2.07. The van der Waals surface area contributed by atoms with Crippen LogP contribution in [0.3, 0.4) is 0 Å². The highest BCUT2D eigenvalue weighted by Gasteiger charge is 2.48. The Morgan fingerprint density at radius 1 is 1.43 bits per heavy atom. The lowest BCUT2D eigenvalue weighted by Gasteiger charge is -2.49. The van der Waals surface area contributed by atoms with E-state index in [-0.39, 0.29) is 17.1 Å². The van der Waals surface area contributed by atoms with E-state index in [1.807, 2.05) is 13.0 Å². The highest BCUT2D eigenvalue weighted by atomic mass is 16.3. The maximum atomic E-state index is 11.4. The number of carbonyl (C=O) groups is 1. The molecule has 1 N–H and O–H groups in total. The molecule has 2 heteroatoms. The molecule has 0 bridgehead atoms. The van der Waals surface area contributed by atoms with E-state index in [9.17, 15) is 9.90 Å². The average Bonchev–Trinajstić information content (AvgIpc) is 2.08. The van der Waals surface area contributed by atoms with Gasteiger partial charge in [0.25, 0.3) is 0 Å². The van der Waals surface area contributed by atoms with Gasteiger partial charge in [-0.1, -0.05) is 13.0 Å². The molecule has 2 nitrogen and oxygen atoms in total. The van der Waals surface area contributed by atoms with Crippen LogP contribution in [-0.4, -0.2) is 16.5 Å². The van der Waals surface area contributed by atoms with Gasteiger partial charge >= 0.3 is 0 Å². The molecular formula is C12H18O2. The summed E-state index contributed by atoms with van der Waals surface area (Å²) in [5, 5.41) is 10.3. The van der Waals surface area contributed by atoms with Gasteiger partial charge in [0.15, 0.2) is 5.78 Å². The molecule has 3 unspecified atom stereocenters. The summed E-state index contributed by atoms with van der Waals surface area (Å²) in [5.41, 5.74) is -0.622. The average molecular weight is 194 g/mol. The fourth-order valence-corrected chi connectivity index (χ4v) is 3.09. The van der Waals surface area contributed by atoms with E-state index in [1.165, 1.54) is 0 Å². The first-order chi connectivity index (χ1) is 6.44. The van der Waals surface area contributed by atoms with Crippen LogP contribution >= 0.6 is 0 Å². The topological polar surface area (TPSA) is 37.3 Å². The normalized spacial score (nSPS) is 47.6. The molecule has 2 aliphatic carbocycles. The summed E-state index contributed by atoms with van der Waals surface area (Å²) in [7, 11) is 0. The largest absolute Gasteiger partial charge is 0.390 e. The molecule has 2 rings (SSSR count). The Hall–Kier alpha value is -0.630. The van der Waals surface area contributed by atoms with Crippen LogP contribution in [-0.2, 0) is 4.79 Å². The molecule has 0 amide bonds. The number of hydrogen-bond acceptors (Lipinski definition) is 2. The molecule has 2 aliphatic rings. The van der Waals surface area contributed by atoms with E-state index in [4.69, 9.17) is 0 Å². The third-order valence-corrected chi connectivity index (χ3v) is 4.00. The van der Waals surface area contributed by atoms with Crippen molar-refractivity contribution in [1.82, 2.24) is 0 Å². The molecule has 0 heterocycles. The molecule has 14 heavy (non-hydrogen) atoms. The van der Waals surface area contributed by atoms with Gasteiger partial charge in [0, 0.05) is 12.3 Å².